The molecule has 4 nitrogen and oxygen atoms in total. The number of rotatable bonds is 4. The molecule has 0 spiro atoms. The molecule has 0 aromatic heterocycles. The van der Waals surface area contributed by atoms with E-state index in [1.54, 1.807) is 24.3 Å². The molecule has 1 aliphatic carbocycles. The lowest BCUT2D eigenvalue weighted by atomic mass is 9.96. The van der Waals surface area contributed by atoms with Gasteiger partial charge >= 0.3 is 0 Å². The van der Waals surface area contributed by atoms with Crippen molar-refractivity contribution in [1.29, 1.82) is 0 Å². The van der Waals surface area contributed by atoms with Crippen molar-refractivity contribution in [3.8, 4) is 5.75 Å². The maximum Gasteiger partial charge on any atom is 0.260 e. The van der Waals surface area contributed by atoms with Crippen molar-refractivity contribution in [2.45, 2.75) is 44.6 Å². The van der Waals surface area contributed by atoms with Gasteiger partial charge in [0.1, 0.15) is 5.75 Å². The smallest absolute Gasteiger partial charge is 0.260 e. The molecule has 1 saturated carbocycles. The predicted molar refractivity (Wildman–Crippen MR) is 83.0 cm³/mol. The fourth-order valence-electron chi connectivity index (χ4n) is 3.73. The molecule has 1 unspecified atom stereocenters. The summed E-state index contributed by atoms with van der Waals surface area (Å²) >= 11 is 0. The van der Waals surface area contributed by atoms with Crippen LogP contribution in [0, 0.1) is 5.92 Å². The van der Waals surface area contributed by atoms with Gasteiger partial charge in [-0.05, 0) is 55.9 Å². The maximum absolute atomic E-state index is 12.4. The van der Waals surface area contributed by atoms with Gasteiger partial charge in [0, 0.05) is 18.3 Å². The Balaban J connectivity index is 1.55. The average Bonchev–Trinajstić information content (AvgIpc) is 3.16. The molecule has 1 aliphatic heterocycles. The number of nitrogen functional groups attached to an aromatic ring is 1. The lowest BCUT2D eigenvalue weighted by Crippen LogP contribution is -2.41. The Bertz CT molecular complexity index is 480. The van der Waals surface area contributed by atoms with E-state index in [4.69, 9.17) is 10.5 Å². The molecule has 2 aliphatic rings. The van der Waals surface area contributed by atoms with Crippen LogP contribution in [0.1, 0.15) is 38.5 Å². The van der Waals surface area contributed by atoms with Crippen molar-refractivity contribution in [3.63, 3.8) is 0 Å². The van der Waals surface area contributed by atoms with Gasteiger partial charge in [0.2, 0.25) is 0 Å². The number of benzene rings is 1. The number of amides is 1. The van der Waals surface area contributed by atoms with Crippen molar-refractivity contribution >= 4 is 11.6 Å². The summed E-state index contributed by atoms with van der Waals surface area (Å²) in [5.74, 6) is 1.54. The molecule has 1 saturated heterocycles. The topological polar surface area (TPSA) is 55.6 Å². The highest BCUT2D eigenvalue weighted by atomic mass is 16.5. The summed E-state index contributed by atoms with van der Waals surface area (Å²) in [6.45, 7) is 1.03. The van der Waals surface area contributed by atoms with Crippen LogP contribution >= 0.6 is 0 Å². The third kappa shape index (κ3) is 3.31. The summed E-state index contributed by atoms with van der Waals surface area (Å²) in [7, 11) is 0. The van der Waals surface area contributed by atoms with Gasteiger partial charge in [-0.25, -0.2) is 0 Å². The molecular formula is C17H24N2O2. The lowest BCUT2D eigenvalue weighted by molar-refractivity contribution is -0.135. The fraction of sp³-hybridized carbons (Fsp3) is 0.588. The Labute approximate surface area is 126 Å². The second-order valence-corrected chi connectivity index (χ2v) is 6.20. The van der Waals surface area contributed by atoms with Crippen LogP contribution < -0.4 is 10.5 Å². The van der Waals surface area contributed by atoms with E-state index in [1.807, 2.05) is 0 Å². The second-order valence-electron chi connectivity index (χ2n) is 6.20. The minimum atomic E-state index is 0.126. The number of nitrogens with two attached hydrogens (primary N) is 1. The SMILES string of the molecule is Nc1ccc(OCC(=O)N2CCCC2C2CCCC2)cc1. The number of hydrogen-bond acceptors (Lipinski definition) is 3. The van der Waals surface area contributed by atoms with Gasteiger partial charge in [0.25, 0.3) is 5.91 Å². The van der Waals surface area contributed by atoms with Crippen LogP contribution in [0.2, 0.25) is 0 Å². The van der Waals surface area contributed by atoms with Crippen molar-refractivity contribution in [3.05, 3.63) is 24.3 Å². The first-order valence-electron chi connectivity index (χ1n) is 8.02. The number of ether oxygens (including phenoxy) is 1. The predicted octanol–water partition coefficient (Wildman–Crippen LogP) is 2.83. The van der Waals surface area contributed by atoms with Gasteiger partial charge in [-0.1, -0.05) is 12.8 Å². The van der Waals surface area contributed by atoms with Crippen LogP contribution in [0.25, 0.3) is 0 Å². The lowest BCUT2D eigenvalue weighted by Gasteiger charge is -2.29. The van der Waals surface area contributed by atoms with Gasteiger partial charge in [0.05, 0.1) is 0 Å². The number of hydrogen-bond donors (Lipinski definition) is 1. The normalized spacial score (nSPS) is 22.7. The Hall–Kier alpha value is -1.71. The highest BCUT2D eigenvalue weighted by Crippen LogP contribution is 2.35. The van der Waals surface area contributed by atoms with E-state index in [2.05, 4.69) is 4.90 Å². The first-order valence-corrected chi connectivity index (χ1v) is 8.02. The van der Waals surface area contributed by atoms with Crippen molar-refractivity contribution < 1.29 is 9.53 Å². The van der Waals surface area contributed by atoms with Crippen LogP contribution in [-0.4, -0.2) is 30.0 Å². The molecule has 1 aromatic carbocycles. The fourth-order valence-corrected chi connectivity index (χ4v) is 3.73. The summed E-state index contributed by atoms with van der Waals surface area (Å²) in [6, 6.07) is 7.64. The summed E-state index contributed by atoms with van der Waals surface area (Å²) in [5.41, 5.74) is 6.34. The van der Waals surface area contributed by atoms with Gasteiger partial charge in [0.15, 0.2) is 6.61 Å². The Morgan fingerprint density at radius 2 is 1.86 bits per heavy atom. The van der Waals surface area contributed by atoms with Crippen LogP contribution in [0.3, 0.4) is 0 Å². The molecule has 1 heterocycles. The minimum absolute atomic E-state index is 0.126. The Morgan fingerprint density at radius 1 is 1.14 bits per heavy atom. The number of carbonyl (C=O) groups excluding carboxylic acids is 1. The van der Waals surface area contributed by atoms with Gasteiger partial charge < -0.3 is 15.4 Å². The van der Waals surface area contributed by atoms with Crippen LogP contribution in [0.4, 0.5) is 5.69 Å². The van der Waals surface area contributed by atoms with Gasteiger partial charge in [-0.3, -0.25) is 4.79 Å². The number of carbonyl (C=O) groups is 1. The van der Waals surface area contributed by atoms with E-state index in [1.165, 1.54) is 25.7 Å². The molecule has 1 aromatic rings. The van der Waals surface area contributed by atoms with Crippen LogP contribution in [-0.2, 0) is 4.79 Å². The quantitative estimate of drug-likeness (QED) is 0.867. The zero-order chi connectivity index (χ0) is 14.7. The highest BCUT2D eigenvalue weighted by molar-refractivity contribution is 5.78. The Kier molecular flexibility index (Phi) is 4.32. The number of nitrogens with zero attached hydrogens (tertiary/aromatic N) is 1. The molecule has 0 bridgehead atoms. The van der Waals surface area contributed by atoms with Gasteiger partial charge in [-0.15, -0.1) is 0 Å². The zero-order valence-corrected chi connectivity index (χ0v) is 12.5. The monoisotopic (exact) mass is 288 g/mol. The Morgan fingerprint density at radius 3 is 2.57 bits per heavy atom. The van der Waals surface area contributed by atoms with Crippen LogP contribution in [0.5, 0.6) is 5.75 Å². The molecule has 1 atom stereocenters. The first-order chi connectivity index (χ1) is 10.2. The molecule has 1 amide bonds. The average molecular weight is 288 g/mol. The summed E-state index contributed by atoms with van der Waals surface area (Å²) < 4.78 is 5.60. The second kappa shape index (κ2) is 6.37. The molecule has 0 radical (unpaired) electrons. The number of anilines is 1. The summed E-state index contributed by atoms with van der Waals surface area (Å²) in [4.78, 5) is 14.5. The van der Waals surface area contributed by atoms with E-state index >= 15 is 0 Å². The third-order valence-corrected chi connectivity index (χ3v) is 4.81. The standard InChI is InChI=1S/C17H24N2O2/c18-14-7-9-15(10-8-14)21-12-17(20)19-11-3-6-16(19)13-4-1-2-5-13/h7-10,13,16H,1-6,11-12,18H2. The largest absolute Gasteiger partial charge is 0.484 e. The van der Waals surface area contributed by atoms with E-state index in [-0.39, 0.29) is 12.5 Å². The molecule has 3 rings (SSSR count). The van der Waals surface area contributed by atoms with Crippen LogP contribution in [0.15, 0.2) is 24.3 Å². The first kappa shape index (κ1) is 14.2. The zero-order valence-electron chi connectivity index (χ0n) is 12.5. The summed E-state index contributed by atoms with van der Waals surface area (Å²) in [5, 5.41) is 0. The van der Waals surface area contributed by atoms with E-state index in [9.17, 15) is 4.79 Å². The molecule has 2 N–H and O–H groups in total. The molecule has 21 heavy (non-hydrogen) atoms. The van der Waals surface area contributed by atoms with Crippen molar-refractivity contribution in [1.82, 2.24) is 4.90 Å². The maximum atomic E-state index is 12.4. The minimum Gasteiger partial charge on any atom is -0.484 e. The molecule has 2 fully saturated rings. The summed E-state index contributed by atoms with van der Waals surface area (Å²) in [6.07, 6.45) is 7.52. The highest BCUT2D eigenvalue weighted by Gasteiger charge is 2.35. The third-order valence-electron chi connectivity index (χ3n) is 4.81. The van der Waals surface area contributed by atoms with E-state index in [0.29, 0.717) is 23.4 Å². The van der Waals surface area contributed by atoms with E-state index < -0.39 is 0 Å². The molecular weight excluding hydrogens is 264 g/mol. The molecule has 4 heteroatoms. The van der Waals surface area contributed by atoms with Gasteiger partial charge in [-0.2, -0.15) is 0 Å². The molecule has 114 valence electrons. The van der Waals surface area contributed by atoms with E-state index in [0.717, 1.165) is 19.4 Å². The van der Waals surface area contributed by atoms with Crippen molar-refractivity contribution in [2.75, 3.05) is 18.9 Å². The van der Waals surface area contributed by atoms with Crippen molar-refractivity contribution in [2.24, 2.45) is 5.92 Å². The number of likely N-dealkylation sites (tertiary alicyclic amines) is 1.